The molecule has 0 saturated carbocycles. The van der Waals surface area contributed by atoms with Gasteiger partial charge in [0.1, 0.15) is 5.82 Å². The van der Waals surface area contributed by atoms with Crippen LogP contribution in [0.2, 0.25) is 0 Å². The molecule has 0 atom stereocenters. The lowest BCUT2D eigenvalue weighted by Gasteiger charge is -2.14. The van der Waals surface area contributed by atoms with E-state index in [9.17, 15) is 13.6 Å². The summed E-state index contributed by atoms with van der Waals surface area (Å²) in [5, 5.41) is 0.620. The van der Waals surface area contributed by atoms with E-state index in [-0.39, 0.29) is 5.69 Å². The molecule has 0 aliphatic carbocycles. The van der Waals surface area contributed by atoms with Crippen LogP contribution in [0.25, 0.3) is 0 Å². The molecule has 0 aliphatic heterocycles. The number of carbonyl (C=O) groups excluding carboxylic acids is 1. The maximum Gasteiger partial charge on any atom is 0.238 e. The molecule has 70 valence electrons. The number of amides is 1. The summed E-state index contributed by atoms with van der Waals surface area (Å²) in [6.07, 6.45) is 0. The quantitative estimate of drug-likeness (QED) is 0.407. The molecule has 1 aromatic rings. The number of nitrogens with zero attached hydrogens (tertiary/aromatic N) is 1. The molecule has 1 amide bonds. The van der Waals surface area contributed by atoms with Crippen LogP contribution in [0.15, 0.2) is 18.2 Å². The van der Waals surface area contributed by atoms with Gasteiger partial charge in [-0.25, -0.2) is 19.6 Å². The summed E-state index contributed by atoms with van der Waals surface area (Å²) < 4.78 is 25.4. The number of carbonyl (C=O) groups is 1. The molecule has 0 fully saturated rings. The van der Waals surface area contributed by atoms with E-state index in [0.717, 1.165) is 12.1 Å². The van der Waals surface area contributed by atoms with E-state index in [1.54, 1.807) is 0 Å². The van der Waals surface area contributed by atoms with E-state index in [4.69, 9.17) is 5.84 Å². The van der Waals surface area contributed by atoms with Crippen LogP contribution in [-0.2, 0) is 4.79 Å². The van der Waals surface area contributed by atoms with Crippen LogP contribution in [0, 0.1) is 11.6 Å². The number of halogens is 2. The van der Waals surface area contributed by atoms with Crippen molar-refractivity contribution in [2.24, 2.45) is 5.84 Å². The summed E-state index contributed by atoms with van der Waals surface area (Å²) in [5.74, 6) is 3.11. The minimum atomic E-state index is -0.863. The van der Waals surface area contributed by atoms with Gasteiger partial charge in [0.15, 0.2) is 5.82 Å². The predicted octanol–water partition coefficient (Wildman–Crippen LogP) is 1.19. The number of anilines is 1. The number of rotatable bonds is 1. The van der Waals surface area contributed by atoms with Crippen LogP contribution in [0.5, 0.6) is 0 Å². The Kier molecular flexibility index (Phi) is 2.57. The van der Waals surface area contributed by atoms with Crippen LogP contribution in [0.1, 0.15) is 6.92 Å². The third kappa shape index (κ3) is 2.00. The second-order valence-corrected chi connectivity index (χ2v) is 2.48. The van der Waals surface area contributed by atoms with Crippen LogP contribution in [-0.4, -0.2) is 5.91 Å². The lowest BCUT2D eigenvalue weighted by molar-refractivity contribution is -0.116. The molecule has 0 unspecified atom stereocenters. The largest absolute Gasteiger partial charge is 0.273 e. The van der Waals surface area contributed by atoms with Crippen molar-refractivity contribution in [2.75, 3.05) is 5.01 Å². The number of nitrogens with two attached hydrogens (primary N) is 1. The van der Waals surface area contributed by atoms with Gasteiger partial charge in [-0.05, 0) is 12.1 Å². The molecule has 0 heterocycles. The third-order valence-corrected chi connectivity index (χ3v) is 1.51. The Hall–Kier alpha value is -1.49. The average Bonchev–Trinajstić information content (AvgIpc) is 2.03. The van der Waals surface area contributed by atoms with Gasteiger partial charge in [0.2, 0.25) is 5.91 Å². The van der Waals surface area contributed by atoms with Gasteiger partial charge in [-0.1, -0.05) is 0 Å². The van der Waals surface area contributed by atoms with E-state index in [2.05, 4.69) is 0 Å². The van der Waals surface area contributed by atoms with Crippen molar-refractivity contribution in [1.29, 1.82) is 0 Å². The monoisotopic (exact) mass is 186 g/mol. The van der Waals surface area contributed by atoms with Gasteiger partial charge in [-0.3, -0.25) is 4.79 Å². The van der Waals surface area contributed by atoms with Crippen LogP contribution in [0.4, 0.5) is 14.5 Å². The van der Waals surface area contributed by atoms with Crippen molar-refractivity contribution in [3.63, 3.8) is 0 Å². The average molecular weight is 186 g/mol. The van der Waals surface area contributed by atoms with E-state index < -0.39 is 17.5 Å². The summed E-state index contributed by atoms with van der Waals surface area (Å²) in [4.78, 5) is 10.7. The number of benzene rings is 1. The van der Waals surface area contributed by atoms with Gasteiger partial charge >= 0.3 is 0 Å². The van der Waals surface area contributed by atoms with Gasteiger partial charge in [0.05, 0.1) is 5.69 Å². The number of hydrazine groups is 1. The molecule has 1 rings (SSSR count). The van der Waals surface area contributed by atoms with Crippen molar-refractivity contribution in [3.05, 3.63) is 29.8 Å². The Morgan fingerprint density at radius 2 is 2.08 bits per heavy atom. The Morgan fingerprint density at radius 3 is 2.54 bits per heavy atom. The maximum absolute atomic E-state index is 12.9. The minimum absolute atomic E-state index is 0.145. The third-order valence-electron chi connectivity index (χ3n) is 1.51. The molecule has 1 aromatic carbocycles. The highest BCUT2D eigenvalue weighted by Gasteiger charge is 2.11. The molecule has 0 aromatic heterocycles. The molecule has 0 saturated heterocycles. The Morgan fingerprint density at radius 1 is 1.46 bits per heavy atom. The first-order valence-electron chi connectivity index (χ1n) is 3.53. The molecule has 3 nitrogen and oxygen atoms in total. The maximum atomic E-state index is 12.9. The first kappa shape index (κ1) is 9.60. The second-order valence-electron chi connectivity index (χ2n) is 2.48. The van der Waals surface area contributed by atoms with Crippen LogP contribution >= 0.6 is 0 Å². The summed E-state index contributed by atoms with van der Waals surface area (Å²) in [6.45, 7) is 1.18. The zero-order chi connectivity index (χ0) is 10.0. The van der Waals surface area contributed by atoms with E-state index in [1.807, 2.05) is 0 Å². The van der Waals surface area contributed by atoms with Crippen molar-refractivity contribution < 1.29 is 13.6 Å². The van der Waals surface area contributed by atoms with E-state index in [0.29, 0.717) is 11.1 Å². The standard InChI is InChI=1S/C8H8F2N2O/c1-5(13)12(11)8-3-2-6(9)4-7(8)10/h2-4H,11H2,1H3. The van der Waals surface area contributed by atoms with E-state index >= 15 is 0 Å². The highest BCUT2D eigenvalue weighted by Crippen LogP contribution is 2.17. The van der Waals surface area contributed by atoms with Crippen molar-refractivity contribution in [3.8, 4) is 0 Å². The molecule has 13 heavy (non-hydrogen) atoms. The Labute approximate surface area is 73.7 Å². The SMILES string of the molecule is CC(=O)N(N)c1ccc(F)cc1F. The molecular formula is C8H8F2N2O. The second kappa shape index (κ2) is 3.49. The number of hydrogen-bond donors (Lipinski definition) is 1. The van der Waals surface area contributed by atoms with Crippen LogP contribution in [0.3, 0.4) is 0 Å². The predicted molar refractivity (Wildman–Crippen MR) is 43.7 cm³/mol. The zero-order valence-corrected chi connectivity index (χ0v) is 6.92. The topological polar surface area (TPSA) is 46.3 Å². The zero-order valence-electron chi connectivity index (χ0n) is 6.92. The Bertz CT molecular complexity index is 341. The summed E-state index contributed by atoms with van der Waals surface area (Å²) in [6, 6.07) is 2.80. The molecule has 0 spiro atoms. The van der Waals surface area contributed by atoms with Crippen LogP contribution < -0.4 is 10.9 Å². The van der Waals surface area contributed by atoms with Gasteiger partial charge in [-0.15, -0.1) is 0 Å². The molecule has 2 N–H and O–H groups in total. The van der Waals surface area contributed by atoms with Crippen molar-refractivity contribution in [1.82, 2.24) is 0 Å². The molecular weight excluding hydrogens is 178 g/mol. The molecule has 0 radical (unpaired) electrons. The van der Waals surface area contributed by atoms with E-state index in [1.165, 1.54) is 6.92 Å². The summed E-state index contributed by atoms with van der Waals surface area (Å²) in [5.41, 5.74) is -0.145. The highest BCUT2D eigenvalue weighted by atomic mass is 19.1. The number of hydrogen-bond acceptors (Lipinski definition) is 2. The van der Waals surface area contributed by atoms with Gasteiger partial charge in [0, 0.05) is 13.0 Å². The minimum Gasteiger partial charge on any atom is -0.273 e. The lowest BCUT2D eigenvalue weighted by atomic mass is 10.3. The fourth-order valence-electron chi connectivity index (χ4n) is 0.846. The van der Waals surface area contributed by atoms with Gasteiger partial charge in [0.25, 0.3) is 0 Å². The lowest BCUT2D eigenvalue weighted by Crippen LogP contribution is -2.36. The highest BCUT2D eigenvalue weighted by molar-refractivity contribution is 5.90. The molecule has 0 bridgehead atoms. The first-order chi connectivity index (χ1) is 6.02. The molecule has 5 heteroatoms. The fraction of sp³-hybridized carbons (Fsp3) is 0.125. The first-order valence-corrected chi connectivity index (χ1v) is 3.53. The smallest absolute Gasteiger partial charge is 0.238 e. The fourth-order valence-corrected chi connectivity index (χ4v) is 0.846. The van der Waals surface area contributed by atoms with Crippen molar-refractivity contribution in [2.45, 2.75) is 6.92 Å². The normalized spacial score (nSPS) is 9.85. The summed E-state index contributed by atoms with van der Waals surface area (Å²) >= 11 is 0. The Balaban J connectivity index is 3.08. The van der Waals surface area contributed by atoms with Crippen molar-refractivity contribution >= 4 is 11.6 Å². The molecule has 0 aliphatic rings. The summed E-state index contributed by atoms with van der Waals surface area (Å²) in [7, 11) is 0. The van der Waals surface area contributed by atoms with Gasteiger partial charge in [-0.2, -0.15) is 0 Å². The van der Waals surface area contributed by atoms with Gasteiger partial charge < -0.3 is 0 Å².